The number of halogens is 3. The molecule has 0 N–H and O–H groups in total. The average molecular weight is 172 g/mol. The van der Waals surface area contributed by atoms with Gasteiger partial charge in [-0.25, -0.2) is 4.48 Å². The van der Waals surface area contributed by atoms with Crippen LogP contribution >= 0.6 is 0 Å². The first-order valence-corrected chi connectivity index (χ1v) is 3.20. The van der Waals surface area contributed by atoms with Crippen molar-refractivity contribution in [2.75, 3.05) is 34.4 Å². The molecule has 0 spiro atoms. The van der Waals surface area contributed by atoms with Crippen molar-refractivity contribution in [1.29, 1.82) is 0 Å². The molecule has 0 aromatic heterocycles. The van der Waals surface area contributed by atoms with Crippen LogP contribution in [0.4, 0.5) is 13.2 Å². The van der Waals surface area contributed by atoms with Crippen LogP contribution in [0.2, 0.25) is 0 Å². The molecule has 0 rings (SSSR count). The largest absolute Gasteiger partial charge is 0.560 e. The van der Waals surface area contributed by atoms with E-state index < -0.39 is 10.8 Å². The lowest BCUT2D eigenvalue weighted by Gasteiger charge is -2.30. The normalized spacial score (nSPS) is 13.6. The van der Waals surface area contributed by atoms with Crippen LogP contribution in [-0.4, -0.2) is 45.1 Å². The van der Waals surface area contributed by atoms with Gasteiger partial charge in [-0.05, 0) is 0 Å². The Hall–Kier alpha value is -0.290. The molecule has 0 atom stereocenters. The summed E-state index contributed by atoms with van der Waals surface area (Å²) in [5, 5.41) is 0. The minimum atomic E-state index is -4.20. The standard InChI is InChI=1S/C6H13F3NO/c1-10(2,4-5-11-3)6(7,8)9/h4-5H2,1-3H3/q+1. The van der Waals surface area contributed by atoms with E-state index in [9.17, 15) is 13.2 Å². The Kier molecular flexibility index (Phi) is 3.31. The van der Waals surface area contributed by atoms with Gasteiger partial charge in [0.05, 0.1) is 20.7 Å². The Bertz CT molecular complexity index is 121. The first-order valence-electron chi connectivity index (χ1n) is 3.20. The Morgan fingerprint density at radius 1 is 1.27 bits per heavy atom. The number of methoxy groups -OCH3 is 1. The molecule has 0 aliphatic rings. The maximum absolute atomic E-state index is 12.1. The highest BCUT2D eigenvalue weighted by atomic mass is 19.4. The van der Waals surface area contributed by atoms with Crippen molar-refractivity contribution in [2.24, 2.45) is 0 Å². The molecule has 0 amide bonds. The summed E-state index contributed by atoms with van der Waals surface area (Å²) in [6, 6.07) is 0. The Balaban J connectivity index is 4.00. The van der Waals surface area contributed by atoms with Gasteiger partial charge in [-0.1, -0.05) is 0 Å². The maximum atomic E-state index is 12.1. The van der Waals surface area contributed by atoms with Gasteiger partial charge in [0.2, 0.25) is 0 Å². The van der Waals surface area contributed by atoms with E-state index in [1.54, 1.807) is 0 Å². The minimum Gasteiger partial charge on any atom is -0.379 e. The van der Waals surface area contributed by atoms with Gasteiger partial charge >= 0.3 is 6.30 Å². The molecular formula is C6H13F3NO+. The molecule has 11 heavy (non-hydrogen) atoms. The summed E-state index contributed by atoms with van der Waals surface area (Å²) in [5.74, 6) is 0. The van der Waals surface area contributed by atoms with Gasteiger partial charge in [0.1, 0.15) is 6.54 Å². The van der Waals surface area contributed by atoms with Gasteiger partial charge in [0.25, 0.3) is 0 Å². The van der Waals surface area contributed by atoms with Crippen molar-refractivity contribution in [3.05, 3.63) is 0 Å². The van der Waals surface area contributed by atoms with Gasteiger partial charge in [-0.3, -0.25) is 0 Å². The quantitative estimate of drug-likeness (QED) is 0.459. The number of likely N-dealkylation sites (N-methyl/N-ethyl adjacent to an activating group) is 1. The van der Waals surface area contributed by atoms with Crippen LogP contribution in [0.1, 0.15) is 0 Å². The van der Waals surface area contributed by atoms with E-state index in [1.807, 2.05) is 0 Å². The monoisotopic (exact) mass is 172 g/mol. The van der Waals surface area contributed by atoms with Crippen LogP contribution in [0.25, 0.3) is 0 Å². The summed E-state index contributed by atoms with van der Waals surface area (Å²) in [7, 11) is 3.61. The van der Waals surface area contributed by atoms with E-state index in [4.69, 9.17) is 0 Å². The first-order chi connectivity index (χ1) is 4.81. The van der Waals surface area contributed by atoms with E-state index in [-0.39, 0.29) is 13.2 Å². The SMILES string of the molecule is COCC[N+](C)(C)C(F)(F)F. The lowest BCUT2D eigenvalue weighted by atomic mass is 10.5. The summed E-state index contributed by atoms with van der Waals surface area (Å²) in [6.07, 6.45) is -4.20. The second-order valence-electron chi connectivity index (χ2n) is 2.87. The van der Waals surface area contributed by atoms with E-state index in [1.165, 1.54) is 7.11 Å². The molecule has 0 saturated heterocycles. The second kappa shape index (κ2) is 3.40. The molecule has 0 bridgehead atoms. The number of ether oxygens (including phenoxy) is 1. The molecule has 0 saturated carbocycles. The van der Waals surface area contributed by atoms with Gasteiger partial charge in [0.15, 0.2) is 0 Å². The molecule has 68 valence electrons. The van der Waals surface area contributed by atoms with Crippen molar-refractivity contribution in [1.82, 2.24) is 0 Å². The third kappa shape index (κ3) is 3.07. The van der Waals surface area contributed by atoms with E-state index in [0.717, 1.165) is 14.1 Å². The van der Waals surface area contributed by atoms with Gasteiger partial charge in [-0.15, -0.1) is 13.2 Å². The van der Waals surface area contributed by atoms with Crippen LogP contribution in [0.5, 0.6) is 0 Å². The van der Waals surface area contributed by atoms with Gasteiger partial charge in [-0.2, -0.15) is 0 Å². The molecule has 0 unspecified atom stereocenters. The highest BCUT2D eigenvalue weighted by Crippen LogP contribution is 2.25. The van der Waals surface area contributed by atoms with Crippen LogP contribution in [0.3, 0.4) is 0 Å². The average Bonchev–Trinajstić information content (AvgIpc) is 1.81. The molecule has 0 heterocycles. The predicted molar refractivity (Wildman–Crippen MR) is 34.9 cm³/mol. The Morgan fingerprint density at radius 3 is 2.00 bits per heavy atom. The summed E-state index contributed by atoms with van der Waals surface area (Å²) in [4.78, 5) is 0. The molecule has 0 aliphatic carbocycles. The lowest BCUT2D eigenvalue weighted by molar-refractivity contribution is -0.997. The van der Waals surface area contributed by atoms with Gasteiger partial charge < -0.3 is 4.74 Å². The molecule has 5 heteroatoms. The third-order valence-electron chi connectivity index (χ3n) is 1.54. The zero-order valence-corrected chi connectivity index (χ0v) is 6.90. The van der Waals surface area contributed by atoms with E-state index in [2.05, 4.69) is 4.74 Å². The van der Waals surface area contributed by atoms with E-state index in [0.29, 0.717) is 0 Å². The van der Waals surface area contributed by atoms with Crippen molar-refractivity contribution in [3.63, 3.8) is 0 Å². The van der Waals surface area contributed by atoms with E-state index >= 15 is 0 Å². The fourth-order valence-electron chi connectivity index (χ4n) is 0.446. The highest BCUT2D eigenvalue weighted by molar-refractivity contribution is 4.34. The summed E-state index contributed by atoms with van der Waals surface area (Å²) in [6.45, 7) is 0.0620. The molecule has 0 aliphatic heterocycles. The zero-order valence-electron chi connectivity index (χ0n) is 6.90. The zero-order chi connectivity index (χ0) is 9.12. The molecule has 0 fully saturated rings. The summed E-state index contributed by atoms with van der Waals surface area (Å²) >= 11 is 0. The second-order valence-corrected chi connectivity index (χ2v) is 2.87. The Labute approximate surface area is 64.1 Å². The maximum Gasteiger partial charge on any atom is 0.560 e. The number of hydrogen-bond donors (Lipinski definition) is 0. The minimum absolute atomic E-state index is 0.0556. The summed E-state index contributed by atoms with van der Waals surface area (Å²) in [5.41, 5.74) is 0. The molecule has 0 radical (unpaired) electrons. The number of rotatable bonds is 3. The number of nitrogens with zero attached hydrogens (tertiary/aromatic N) is 1. The first kappa shape index (κ1) is 10.7. The molecule has 0 aromatic carbocycles. The number of hydrogen-bond acceptors (Lipinski definition) is 1. The molecule has 0 aromatic rings. The Morgan fingerprint density at radius 2 is 1.73 bits per heavy atom. The lowest BCUT2D eigenvalue weighted by Crippen LogP contribution is -2.53. The van der Waals surface area contributed by atoms with Crippen molar-refractivity contribution < 1.29 is 22.4 Å². The van der Waals surface area contributed by atoms with Gasteiger partial charge in [0, 0.05) is 7.11 Å². The molecule has 2 nitrogen and oxygen atoms in total. The van der Waals surface area contributed by atoms with Crippen molar-refractivity contribution >= 4 is 0 Å². The number of alkyl halides is 3. The fraction of sp³-hybridized carbons (Fsp3) is 1.00. The van der Waals surface area contributed by atoms with Crippen LogP contribution < -0.4 is 0 Å². The van der Waals surface area contributed by atoms with Crippen LogP contribution in [0.15, 0.2) is 0 Å². The summed E-state index contributed by atoms with van der Waals surface area (Å²) < 4.78 is 39.8. The smallest absolute Gasteiger partial charge is 0.379 e. The van der Waals surface area contributed by atoms with Crippen LogP contribution in [0, 0.1) is 0 Å². The number of quaternary nitrogens is 1. The highest BCUT2D eigenvalue weighted by Gasteiger charge is 2.48. The van der Waals surface area contributed by atoms with Crippen molar-refractivity contribution in [3.8, 4) is 0 Å². The predicted octanol–water partition coefficient (Wildman–Crippen LogP) is 1.23. The molecular weight excluding hydrogens is 159 g/mol. The van der Waals surface area contributed by atoms with Crippen LogP contribution in [-0.2, 0) is 4.74 Å². The third-order valence-corrected chi connectivity index (χ3v) is 1.54. The topological polar surface area (TPSA) is 9.23 Å². The fourth-order valence-corrected chi connectivity index (χ4v) is 0.446. The van der Waals surface area contributed by atoms with Crippen molar-refractivity contribution in [2.45, 2.75) is 6.30 Å².